The summed E-state index contributed by atoms with van der Waals surface area (Å²) in [7, 11) is 0. The van der Waals surface area contributed by atoms with E-state index in [0.29, 0.717) is 5.56 Å². The summed E-state index contributed by atoms with van der Waals surface area (Å²) in [5, 5.41) is 0. The number of rotatable bonds is 3. The first kappa shape index (κ1) is 12.0. The van der Waals surface area contributed by atoms with Crippen molar-refractivity contribution in [2.45, 2.75) is 19.9 Å². The molecule has 0 heterocycles. The number of hydrogen-bond donors (Lipinski definition) is 2. The summed E-state index contributed by atoms with van der Waals surface area (Å²) >= 11 is 0. The number of nitrogens with one attached hydrogen (secondary N) is 1. The van der Waals surface area contributed by atoms with Crippen LogP contribution in [0.2, 0.25) is 0 Å². The van der Waals surface area contributed by atoms with E-state index < -0.39 is 23.5 Å². The van der Waals surface area contributed by atoms with Crippen LogP contribution in [0.15, 0.2) is 12.1 Å². The number of hydrogen-bond acceptors (Lipinski definition) is 2. The molecular weight excluding hydrogens is 205 g/mol. The second kappa shape index (κ2) is 4.63. The van der Waals surface area contributed by atoms with E-state index in [9.17, 15) is 13.2 Å². The second-order valence-corrected chi connectivity index (χ2v) is 3.69. The van der Waals surface area contributed by atoms with E-state index >= 15 is 0 Å². The standard InChI is InChI=1S/C10H13F3N2/c1-5(2)10(15-14)6-3-7(11)9(13)8(12)4-6/h3-5,10,15H,14H2,1-2H3. The van der Waals surface area contributed by atoms with Gasteiger partial charge in [-0.2, -0.15) is 0 Å². The lowest BCUT2D eigenvalue weighted by molar-refractivity contribution is 0.405. The lowest BCUT2D eigenvalue weighted by Gasteiger charge is -2.20. The first-order valence-electron chi connectivity index (χ1n) is 4.58. The van der Waals surface area contributed by atoms with Crippen LogP contribution >= 0.6 is 0 Å². The normalized spacial score (nSPS) is 13.3. The predicted molar refractivity (Wildman–Crippen MR) is 51.2 cm³/mol. The van der Waals surface area contributed by atoms with Gasteiger partial charge in [0.2, 0.25) is 0 Å². The summed E-state index contributed by atoms with van der Waals surface area (Å²) in [5.74, 6) is 1.43. The molecule has 1 aromatic carbocycles. The van der Waals surface area contributed by atoms with E-state index in [1.807, 2.05) is 13.8 Å². The molecule has 5 heteroatoms. The third kappa shape index (κ3) is 2.49. The van der Waals surface area contributed by atoms with Gasteiger partial charge in [0.15, 0.2) is 17.5 Å². The Kier molecular flexibility index (Phi) is 3.71. The molecule has 84 valence electrons. The highest BCUT2D eigenvalue weighted by atomic mass is 19.2. The Labute approximate surface area is 86.2 Å². The zero-order valence-corrected chi connectivity index (χ0v) is 8.52. The van der Waals surface area contributed by atoms with Crippen LogP contribution in [0.4, 0.5) is 13.2 Å². The molecule has 0 amide bonds. The Morgan fingerprint density at radius 3 is 1.93 bits per heavy atom. The van der Waals surface area contributed by atoms with Gasteiger partial charge in [0, 0.05) is 6.04 Å². The van der Waals surface area contributed by atoms with E-state index in [1.54, 1.807) is 0 Å². The zero-order chi connectivity index (χ0) is 11.6. The lowest BCUT2D eigenvalue weighted by atomic mass is 9.96. The first-order valence-corrected chi connectivity index (χ1v) is 4.58. The van der Waals surface area contributed by atoms with Crippen LogP contribution in [0.5, 0.6) is 0 Å². The maximum absolute atomic E-state index is 12.9. The molecule has 0 saturated heterocycles. The fourth-order valence-corrected chi connectivity index (χ4v) is 1.43. The Bertz CT molecular complexity index is 330. The molecular formula is C10H13F3N2. The van der Waals surface area contributed by atoms with Crippen molar-refractivity contribution in [1.82, 2.24) is 5.43 Å². The third-order valence-electron chi connectivity index (χ3n) is 2.21. The van der Waals surface area contributed by atoms with E-state index in [1.165, 1.54) is 0 Å². The van der Waals surface area contributed by atoms with Crippen molar-refractivity contribution in [3.63, 3.8) is 0 Å². The van der Waals surface area contributed by atoms with Gasteiger partial charge in [0.1, 0.15) is 0 Å². The van der Waals surface area contributed by atoms with Crippen LogP contribution in [0.1, 0.15) is 25.5 Å². The first-order chi connectivity index (χ1) is 6.97. The molecule has 0 spiro atoms. The van der Waals surface area contributed by atoms with Crippen molar-refractivity contribution in [3.8, 4) is 0 Å². The van der Waals surface area contributed by atoms with Gasteiger partial charge in [-0.05, 0) is 23.6 Å². The van der Waals surface area contributed by atoms with Crippen LogP contribution in [-0.4, -0.2) is 0 Å². The van der Waals surface area contributed by atoms with Gasteiger partial charge in [-0.3, -0.25) is 11.3 Å². The predicted octanol–water partition coefficient (Wildman–Crippen LogP) is 2.26. The van der Waals surface area contributed by atoms with Crippen molar-refractivity contribution in [2.24, 2.45) is 11.8 Å². The van der Waals surface area contributed by atoms with Gasteiger partial charge >= 0.3 is 0 Å². The van der Waals surface area contributed by atoms with E-state index in [-0.39, 0.29) is 5.92 Å². The molecule has 0 aromatic heterocycles. The average molecular weight is 218 g/mol. The summed E-state index contributed by atoms with van der Waals surface area (Å²) in [6.45, 7) is 3.67. The molecule has 0 aliphatic carbocycles. The molecule has 1 atom stereocenters. The molecule has 1 aromatic rings. The average Bonchev–Trinajstić information content (AvgIpc) is 2.14. The fraction of sp³-hybridized carbons (Fsp3) is 0.400. The molecule has 2 nitrogen and oxygen atoms in total. The maximum atomic E-state index is 12.9. The van der Waals surface area contributed by atoms with E-state index in [4.69, 9.17) is 5.84 Å². The topological polar surface area (TPSA) is 38.0 Å². The van der Waals surface area contributed by atoms with Crippen molar-refractivity contribution in [2.75, 3.05) is 0 Å². The van der Waals surface area contributed by atoms with Crippen molar-refractivity contribution >= 4 is 0 Å². The van der Waals surface area contributed by atoms with Gasteiger partial charge in [0.25, 0.3) is 0 Å². The Morgan fingerprint density at radius 2 is 1.60 bits per heavy atom. The monoisotopic (exact) mass is 218 g/mol. The minimum absolute atomic E-state index is 0.0410. The highest BCUT2D eigenvalue weighted by Crippen LogP contribution is 2.23. The Morgan fingerprint density at radius 1 is 1.13 bits per heavy atom. The minimum atomic E-state index is -1.46. The molecule has 1 unspecified atom stereocenters. The minimum Gasteiger partial charge on any atom is -0.271 e. The largest absolute Gasteiger partial charge is 0.271 e. The molecule has 0 bridgehead atoms. The second-order valence-electron chi connectivity index (χ2n) is 3.69. The van der Waals surface area contributed by atoms with Crippen molar-refractivity contribution < 1.29 is 13.2 Å². The summed E-state index contributed by atoms with van der Waals surface area (Å²) in [4.78, 5) is 0. The van der Waals surface area contributed by atoms with Gasteiger partial charge in [0.05, 0.1) is 0 Å². The van der Waals surface area contributed by atoms with Crippen molar-refractivity contribution in [1.29, 1.82) is 0 Å². The summed E-state index contributed by atoms with van der Waals surface area (Å²) in [6.07, 6.45) is 0. The highest BCUT2D eigenvalue weighted by Gasteiger charge is 2.18. The molecule has 3 N–H and O–H groups in total. The van der Waals surface area contributed by atoms with Gasteiger partial charge in [-0.1, -0.05) is 13.8 Å². The molecule has 15 heavy (non-hydrogen) atoms. The number of halogens is 3. The summed E-state index contributed by atoms with van der Waals surface area (Å²) < 4.78 is 38.5. The Balaban J connectivity index is 3.14. The highest BCUT2D eigenvalue weighted by molar-refractivity contribution is 5.23. The van der Waals surface area contributed by atoms with Gasteiger partial charge in [-0.15, -0.1) is 0 Å². The fourth-order valence-electron chi connectivity index (χ4n) is 1.43. The number of hydrazine groups is 1. The lowest BCUT2D eigenvalue weighted by Crippen LogP contribution is -2.31. The smallest absolute Gasteiger partial charge is 0.194 e. The van der Waals surface area contributed by atoms with E-state index in [0.717, 1.165) is 12.1 Å². The zero-order valence-electron chi connectivity index (χ0n) is 8.52. The van der Waals surface area contributed by atoms with Gasteiger partial charge in [-0.25, -0.2) is 13.2 Å². The van der Waals surface area contributed by atoms with Crippen molar-refractivity contribution in [3.05, 3.63) is 35.1 Å². The summed E-state index contributed by atoms with van der Waals surface area (Å²) in [5.41, 5.74) is 2.73. The van der Waals surface area contributed by atoms with Crippen LogP contribution < -0.4 is 11.3 Å². The van der Waals surface area contributed by atoms with Gasteiger partial charge < -0.3 is 0 Å². The maximum Gasteiger partial charge on any atom is 0.194 e. The third-order valence-corrected chi connectivity index (χ3v) is 2.21. The Hall–Kier alpha value is -1.07. The SMILES string of the molecule is CC(C)C(NN)c1cc(F)c(F)c(F)c1. The van der Waals surface area contributed by atoms with Crippen LogP contribution in [-0.2, 0) is 0 Å². The quantitative estimate of drug-likeness (QED) is 0.464. The van der Waals surface area contributed by atoms with Crippen LogP contribution in [0, 0.1) is 23.4 Å². The molecule has 0 aliphatic rings. The molecule has 0 radical (unpaired) electrons. The molecule has 0 aliphatic heterocycles. The van der Waals surface area contributed by atoms with Crippen LogP contribution in [0.3, 0.4) is 0 Å². The van der Waals surface area contributed by atoms with Crippen LogP contribution in [0.25, 0.3) is 0 Å². The molecule has 0 fully saturated rings. The number of benzene rings is 1. The molecule has 1 rings (SSSR count). The molecule has 0 saturated carbocycles. The summed E-state index contributed by atoms with van der Waals surface area (Å²) in [6, 6.07) is 1.49. The van der Waals surface area contributed by atoms with E-state index in [2.05, 4.69) is 5.43 Å². The number of nitrogens with two attached hydrogens (primary N) is 1.